The molecule has 27 heavy (non-hydrogen) atoms. The molecule has 0 fully saturated rings. The van der Waals surface area contributed by atoms with E-state index in [1.54, 1.807) is 24.3 Å². The van der Waals surface area contributed by atoms with E-state index in [0.29, 0.717) is 11.3 Å². The van der Waals surface area contributed by atoms with E-state index in [4.69, 9.17) is 0 Å². The van der Waals surface area contributed by atoms with Crippen molar-refractivity contribution in [2.75, 3.05) is 18.9 Å². The molecule has 0 atom stereocenters. The molecule has 0 spiro atoms. The van der Waals surface area contributed by atoms with Gasteiger partial charge in [0, 0.05) is 24.8 Å². The predicted octanol–water partition coefficient (Wildman–Crippen LogP) is 2.73. The molecule has 9 heteroatoms. The van der Waals surface area contributed by atoms with Gasteiger partial charge in [0.1, 0.15) is 11.6 Å². The van der Waals surface area contributed by atoms with E-state index in [2.05, 4.69) is 25.7 Å². The van der Waals surface area contributed by atoms with Crippen LogP contribution in [0.15, 0.2) is 53.5 Å². The number of nitrogens with zero attached hydrogens (tertiary/aromatic N) is 1. The number of alkyl halides is 2. The molecule has 0 aliphatic heterocycles. The Morgan fingerprint density at radius 2 is 1.93 bits per heavy atom. The van der Waals surface area contributed by atoms with Crippen molar-refractivity contribution < 1.29 is 22.7 Å². The SMILES string of the molecule is CN=C(NCC(=O)Nc1cccc(F)c1)NCc1ccccc1OC(F)F. The Hall–Kier alpha value is -3.23. The van der Waals surface area contributed by atoms with Crippen molar-refractivity contribution >= 4 is 17.6 Å². The zero-order chi connectivity index (χ0) is 19.6. The first-order chi connectivity index (χ1) is 13.0. The number of para-hydroxylation sites is 1. The van der Waals surface area contributed by atoms with E-state index < -0.39 is 18.3 Å². The normalized spacial score (nSPS) is 11.2. The summed E-state index contributed by atoms with van der Waals surface area (Å²) >= 11 is 0. The highest BCUT2D eigenvalue weighted by Gasteiger charge is 2.10. The zero-order valence-corrected chi connectivity index (χ0v) is 14.5. The number of anilines is 1. The van der Waals surface area contributed by atoms with Crippen molar-refractivity contribution in [2.24, 2.45) is 4.99 Å². The molecule has 3 N–H and O–H groups in total. The molecule has 2 rings (SSSR count). The maximum absolute atomic E-state index is 13.1. The highest BCUT2D eigenvalue weighted by molar-refractivity contribution is 5.94. The van der Waals surface area contributed by atoms with Gasteiger partial charge in [-0.2, -0.15) is 8.78 Å². The molecule has 0 aromatic heterocycles. The summed E-state index contributed by atoms with van der Waals surface area (Å²) in [6, 6.07) is 11.9. The summed E-state index contributed by atoms with van der Waals surface area (Å²) in [5, 5.41) is 8.22. The van der Waals surface area contributed by atoms with Gasteiger partial charge in [0.15, 0.2) is 5.96 Å². The van der Waals surface area contributed by atoms with Gasteiger partial charge in [-0.15, -0.1) is 0 Å². The third kappa shape index (κ3) is 6.89. The molecule has 0 radical (unpaired) electrons. The van der Waals surface area contributed by atoms with E-state index in [-0.39, 0.29) is 24.8 Å². The average Bonchev–Trinajstić information content (AvgIpc) is 2.62. The predicted molar refractivity (Wildman–Crippen MR) is 96.3 cm³/mol. The standard InChI is InChI=1S/C18H19F3N4O2/c1-22-18(23-10-12-5-2-3-8-15(12)27-17(20)21)24-11-16(26)25-14-7-4-6-13(19)9-14/h2-9,17H,10-11H2,1H3,(H,25,26)(H2,22,23,24). The molecule has 2 aromatic rings. The minimum absolute atomic E-state index is 0.0549. The number of amides is 1. The van der Waals surface area contributed by atoms with Gasteiger partial charge in [-0.05, 0) is 24.3 Å². The molecule has 0 aliphatic carbocycles. The first-order valence-electron chi connectivity index (χ1n) is 8.00. The Balaban J connectivity index is 1.85. The molecule has 0 aliphatic rings. The number of hydrogen-bond acceptors (Lipinski definition) is 3. The number of carbonyl (C=O) groups excluding carboxylic acids is 1. The first-order valence-corrected chi connectivity index (χ1v) is 8.00. The van der Waals surface area contributed by atoms with Crippen molar-refractivity contribution in [1.29, 1.82) is 0 Å². The fourth-order valence-electron chi connectivity index (χ4n) is 2.20. The molecule has 0 unspecified atom stereocenters. The van der Waals surface area contributed by atoms with Crippen LogP contribution >= 0.6 is 0 Å². The van der Waals surface area contributed by atoms with Crippen LogP contribution in [0.5, 0.6) is 5.75 Å². The van der Waals surface area contributed by atoms with Gasteiger partial charge in [-0.3, -0.25) is 9.79 Å². The van der Waals surface area contributed by atoms with Gasteiger partial charge in [-0.25, -0.2) is 4.39 Å². The summed E-state index contributed by atoms with van der Waals surface area (Å²) in [4.78, 5) is 15.9. The highest BCUT2D eigenvalue weighted by Crippen LogP contribution is 2.19. The molecule has 0 saturated heterocycles. The highest BCUT2D eigenvalue weighted by atomic mass is 19.3. The number of aliphatic imine (C=N–C) groups is 1. The number of ether oxygens (including phenoxy) is 1. The van der Waals surface area contributed by atoms with Gasteiger partial charge >= 0.3 is 6.61 Å². The first kappa shape index (κ1) is 20.1. The van der Waals surface area contributed by atoms with E-state index in [0.717, 1.165) is 0 Å². The zero-order valence-electron chi connectivity index (χ0n) is 14.5. The minimum atomic E-state index is -2.92. The van der Waals surface area contributed by atoms with Crippen LogP contribution in [-0.4, -0.2) is 32.1 Å². The third-order valence-corrected chi connectivity index (χ3v) is 3.38. The lowest BCUT2D eigenvalue weighted by atomic mass is 10.2. The van der Waals surface area contributed by atoms with Crippen LogP contribution in [0.25, 0.3) is 0 Å². The molecular weight excluding hydrogens is 361 g/mol. The quantitative estimate of drug-likeness (QED) is 0.510. The Morgan fingerprint density at radius 1 is 1.15 bits per heavy atom. The molecule has 1 amide bonds. The number of halogens is 3. The lowest BCUT2D eigenvalue weighted by Crippen LogP contribution is -2.41. The number of carbonyl (C=O) groups is 1. The van der Waals surface area contributed by atoms with E-state index in [1.165, 1.54) is 31.3 Å². The molecule has 0 heterocycles. The third-order valence-electron chi connectivity index (χ3n) is 3.38. The number of benzene rings is 2. The number of nitrogens with one attached hydrogen (secondary N) is 3. The summed E-state index contributed by atoms with van der Waals surface area (Å²) in [6.45, 7) is -2.88. The van der Waals surface area contributed by atoms with Crippen molar-refractivity contribution in [2.45, 2.75) is 13.2 Å². The lowest BCUT2D eigenvalue weighted by Gasteiger charge is -2.14. The fraction of sp³-hybridized carbons (Fsp3) is 0.222. The van der Waals surface area contributed by atoms with Gasteiger partial charge in [0.2, 0.25) is 5.91 Å². The van der Waals surface area contributed by atoms with E-state index in [9.17, 15) is 18.0 Å². The van der Waals surface area contributed by atoms with Crippen molar-refractivity contribution in [1.82, 2.24) is 10.6 Å². The van der Waals surface area contributed by atoms with Gasteiger partial charge in [0.05, 0.1) is 6.54 Å². The monoisotopic (exact) mass is 380 g/mol. The largest absolute Gasteiger partial charge is 0.434 e. The summed E-state index contributed by atoms with van der Waals surface area (Å²) < 4.78 is 42.4. The van der Waals surface area contributed by atoms with Gasteiger partial charge in [-0.1, -0.05) is 24.3 Å². The Morgan fingerprint density at radius 3 is 2.63 bits per heavy atom. The fourth-order valence-corrected chi connectivity index (χ4v) is 2.20. The van der Waals surface area contributed by atoms with Gasteiger partial charge < -0.3 is 20.7 Å². The van der Waals surface area contributed by atoms with Gasteiger partial charge in [0.25, 0.3) is 0 Å². The molecule has 0 bridgehead atoms. The number of hydrogen-bond donors (Lipinski definition) is 3. The average molecular weight is 380 g/mol. The number of guanidine groups is 1. The summed E-state index contributed by atoms with van der Waals surface area (Å²) in [7, 11) is 1.50. The smallest absolute Gasteiger partial charge is 0.387 e. The van der Waals surface area contributed by atoms with E-state index >= 15 is 0 Å². The Kier molecular flexibility index (Phi) is 7.48. The maximum atomic E-state index is 13.1. The van der Waals surface area contributed by atoms with E-state index in [1.807, 2.05) is 0 Å². The number of rotatable bonds is 7. The van der Waals surface area contributed by atoms with Crippen LogP contribution in [0.3, 0.4) is 0 Å². The summed E-state index contributed by atoms with van der Waals surface area (Å²) in [5.74, 6) is -0.511. The van der Waals surface area contributed by atoms with Crippen molar-refractivity contribution in [3.05, 3.63) is 59.9 Å². The second-order valence-electron chi connectivity index (χ2n) is 5.32. The van der Waals surface area contributed by atoms with Crippen molar-refractivity contribution in [3.8, 4) is 5.75 Å². The van der Waals surface area contributed by atoms with Crippen LogP contribution in [0.4, 0.5) is 18.9 Å². The maximum Gasteiger partial charge on any atom is 0.387 e. The second kappa shape index (κ2) is 10.0. The second-order valence-corrected chi connectivity index (χ2v) is 5.32. The van der Waals surface area contributed by atoms with Crippen LogP contribution in [0.2, 0.25) is 0 Å². The summed E-state index contributed by atoms with van der Waals surface area (Å²) in [5.41, 5.74) is 0.841. The van der Waals surface area contributed by atoms with Crippen molar-refractivity contribution in [3.63, 3.8) is 0 Å². The summed E-state index contributed by atoms with van der Waals surface area (Å²) in [6.07, 6.45) is 0. The van der Waals surface area contributed by atoms with Crippen LogP contribution < -0.4 is 20.7 Å². The molecule has 0 saturated carbocycles. The lowest BCUT2D eigenvalue weighted by molar-refractivity contribution is -0.115. The Bertz CT molecular complexity index is 800. The van der Waals surface area contributed by atoms with Crippen LogP contribution in [0, 0.1) is 5.82 Å². The topological polar surface area (TPSA) is 74.8 Å². The molecule has 2 aromatic carbocycles. The molecule has 144 valence electrons. The van der Waals surface area contributed by atoms with Crippen LogP contribution in [0.1, 0.15) is 5.56 Å². The van der Waals surface area contributed by atoms with Crippen LogP contribution in [-0.2, 0) is 11.3 Å². The molecule has 6 nitrogen and oxygen atoms in total. The molecular formula is C18H19F3N4O2. The minimum Gasteiger partial charge on any atom is -0.434 e. The Labute approximate surface area is 154 Å².